The number of carbonyl (C=O) groups is 1. The van der Waals surface area contributed by atoms with Crippen LogP contribution in [-0.2, 0) is 21.2 Å². The summed E-state index contributed by atoms with van der Waals surface area (Å²) in [5.74, 6) is -0.672. The first-order valence-corrected chi connectivity index (χ1v) is 12.2. The molecule has 1 N–H and O–H groups in total. The van der Waals surface area contributed by atoms with Gasteiger partial charge in [-0.3, -0.25) is 4.79 Å². The maximum atomic E-state index is 13.0. The zero-order chi connectivity index (χ0) is 21.8. The van der Waals surface area contributed by atoms with Gasteiger partial charge in [-0.15, -0.1) is 11.3 Å². The Kier molecular flexibility index (Phi) is 6.45. The van der Waals surface area contributed by atoms with Gasteiger partial charge in [-0.25, -0.2) is 17.8 Å². The molecule has 162 valence electrons. The van der Waals surface area contributed by atoms with Crippen molar-refractivity contribution in [3.05, 3.63) is 77.1 Å². The number of nitrogens with one attached hydrogen (secondary N) is 1. The third-order valence-corrected chi connectivity index (χ3v) is 8.11. The summed E-state index contributed by atoms with van der Waals surface area (Å²) < 4.78 is 39.9. The average Bonchev–Trinajstić information content (AvgIpc) is 3.22. The molecule has 1 amide bonds. The van der Waals surface area contributed by atoms with E-state index in [1.165, 1.54) is 27.8 Å². The Morgan fingerprint density at radius 1 is 1.10 bits per heavy atom. The number of aromatic nitrogens is 1. The molecule has 6 nitrogen and oxygen atoms in total. The predicted molar refractivity (Wildman–Crippen MR) is 118 cm³/mol. The Balaban J connectivity index is 1.31. The number of sulfonamides is 1. The second-order valence-corrected chi connectivity index (χ2v) is 10.5. The minimum absolute atomic E-state index is 0.139. The smallest absolute Gasteiger partial charge is 0.243 e. The van der Waals surface area contributed by atoms with E-state index in [-0.39, 0.29) is 22.5 Å². The van der Waals surface area contributed by atoms with Crippen LogP contribution in [0.25, 0.3) is 0 Å². The van der Waals surface area contributed by atoms with Crippen molar-refractivity contribution in [2.24, 2.45) is 5.92 Å². The summed E-state index contributed by atoms with van der Waals surface area (Å²) in [7, 11) is -3.53. The number of benzene rings is 2. The highest BCUT2D eigenvalue weighted by Crippen LogP contribution is 2.26. The monoisotopic (exact) mass is 459 g/mol. The summed E-state index contributed by atoms with van der Waals surface area (Å²) in [6, 6.07) is 14.6. The standard InChI is InChI=1S/C22H22FN3O3S2/c23-18-8-6-16(7-9-18)14-19-15-24-22(30-19)25-21(27)17-10-12-26(13-11-17)31(28,29)20-4-2-1-3-5-20/h1-9,15,17H,10-14H2,(H,24,25,27). The second kappa shape index (κ2) is 9.25. The first-order valence-electron chi connectivity index (χ1n) is 9.97. The van der Waals surface area contributed by atoms with Gasteiger partial charge in [-0.1, -0.05) is 30.3 Å². The molecule has 0 unspecified atom stereocenters. The van der Waals surface area contributed by atoms with Crippen molar-refractivity contribution in [2.75, 3.05) is 18.4 Å². The van der Waals surface area contributed by atoms with Crippen LogP contribution >= 0.6 is 11.3 Å². The van der Waals surface area contributed by atoms with Gasteiger partial charge in [0.2, 0.25) is 15.9 Å². The molecule has 0 spiro atoms. The highest BCUT2D eigenvalue weighted by Gasteiger charge is 2.32. The van der Waals surface area contributed by atoms with E-state index in [0.717, 1.165) is 10.4 Å². The summed E-state index contributed by atoms with van der Waals surface area (Å²) in [4.78, 5) is 18.1. The van der Waals surface area contributed by atoms with Crippen LogP contribution in [0.3, 0.4) is 0 Å². The number of piperidine rings is 1. The number of rotatable bonds is 6. The predicted octanol–water partition coefficient (Wildman–Crippen LogP) is 3.91. The largest absolute Gasteiger partial charge is 0.302 e. The Hall–Kier alpha value is -2.62. The van der Waals surface area contributed by atoms with E-state index in [2.05, 4.69) is 10.3 Å². The summed E-state index contributed by atoms with van der Waals surface area (Å²) in [5.41, 5.74) is 0.968. The maximum Gasteiger partial charge on any atom is 0.243 e. The Labute approximate surface area is 184 Å². The molecular weight excluding hydrogens is 437 g/mol. The molecule has 1 saturated heterocycles. The topological polar surface area (TPSA) is 79.4 Å². The molecule has 2 aromatic carbocycles. The summed E-state index contributed by atoms with van der Waals surface area (Å²) in [5, 5.41) is 3.37. The number of anilines is 1. The Morgan fingerprint density at radius 3 is 2.45 bits per heavy atom. The molecule has 1 fully saturated rings. The first-order chi connectivity index (χ1) is 14.9. The lowest BCUT2D eigenvalue weighted by Gasteiger charge is -2.30. The van der Waals surface area contributed by atoms with Crippen molar-refractivity contribution < 1.29 is 17.6 Å². The van der Waals surface area contributed by atoms with Crippen molar-refractivity contribution in [1.29, 1.82) is 0 Å². The van der Waals surface area contributed by atoms with Crippen LogP contribution in [0.2, 0.25) is 0 Å². The van der Waals surface area contributed by atoms with Crippen LogP contribution < -0.4 is 5.32 Å². The van der Waals surface area contributed by atoms with Crippen LogP contribution in [0.15, 0.2) is 65.7 Å². The van der Waals surface area contributed by atoms with Crippen molar-refractivity contribution in [3.63, 3.8) is 0 Å². The van der Waals surface area contributed by atoms with Gasteiger partial charge >= 0.3 is 0 Å². The lowest BCUT2D eigenvalue weighted by Crippen LogP contribution is -2.41. The molecule has 0 saturated carbocycles. The van der Waals surface area contributed by atoms with E-state index < -0.39 is 10.0 Å². The highest BCUT2D eigenvalue weighted by atomic mass is 32.2. The van der Waals surface area contributed by atoms with E-state index in [1.807, 2.05) is 0 Å². The number of carbonyl (C=O) groups excluding carboxylic acids is 1. The lowest BCUT2D eigenvalue weighted by atomic mass is 9.97. The quantitative estimate of drug-likeness (QED) is 0.606. The average molecular weight is 460 g/mol. The molecule has 4 rings (SSSR count). The second-order valence-electron chi connectivity index (χ2n) is 7.42. The number of amides is 1. The van der Waals surface area contributed by atoms with Gasteiger partial charge in [-0.2, -0.15) is 4.31 Å². The van der Waals surface area contributed by atoms with Crippen LogP contribution in [0.4, 0.5) is 9.52 Å². The number of nitrogens with zero attached hydrogens (tertiary/aromatic N) is 2. The van der Waals surface area contributed by atoms with E-state index in [9.17, 15) is 17.6 Å². The van der Waals surface area contributed by atoms with Crippen LogP contribution in [0, 0.1) is 11.7 Å². The molecule has 1 aliphatic heterocycles. The van der Waals surface area contributed by atoms with Crippen molar-refractivity contribution in [3.8, 4) is 0 Å². The van der Waals surface area contributed by atoms with E-state index in [4.69, 9.17) is 0 Å². The molecule has 0 aliphatic carbocycles. The molecule has 0 bridgehead atoms. The number of thiazole rings is 1. The van der Waals surface area contributed by atoms with Gasteiger partial charge in [0.1, 0.15) is 5.82 Å². The van der Waals surface area contributed by atoms with Crippen molar-refractivity contribution in [2.45, 2.75) is 24.2 Å². The molecule has 1 aromatic heterocycles. The summed E-state index contributed by atoms with van der Waals surface area (Å²) >= 11 is 1.38. The number of hydrogen-bond acceptors (Lipinski definition) is 5. The fraction of sp³-hybridized carbons (Fsp3) is 0.273. The van der Waals surface area contributed by atoms with Crippen LogP contribution in [-0.4, -0.2) is 36.7 Å². The van der Waals surface area contributed by atoms with E-state index >= 15 is 0 Å². The minimum Gasteiger partial charge on any atom is -0.302 e. The molecule has 31 heavy (non-hydrogen) atoms. The van der Waals surface area contributed by atoms with Gasteiger partial charge in [-0.05, 0) is 42.7 Å². The fourth-order valence-electron chi connectivity index (χ4n) is 3.56. The van der Waals surface area contributed by atoms with Crippen molar-refractivity contribution in [1.82, 2.24) is 9.29 Å². The van der Waals surface area contributed by atoms with Gasteiger partial charge in [0, 0.05) is 36.5 Å². The molecule has 1 aliphatic rings. The van der Waals surface area contributed by atoms with Gasteiger partial charge in [0.25, 0.3) is 0 Å². The van der Waals surface area contributed by atoms with E-state index in [0.29, 0.717) is 37.5 Å². The van der Waals surface area contributed by atoms with Gasteiger partial charge in [0.05, 0.1) is 4.90 Å². The summed E-state index contributed by atoms with van der Waals surface area (Å²) in [6.07, 6.45) is 3.25. The van der Waals surface area contributed by atoms with E-state index in [1.54, 1.807) is 48.7 Å². The number of halogens is 1. The molecule has 2 heterocycles. The fourth-order valence-corrected chi connectivity index (χ4v) is 5.90. The SMILES string of the molecule is O=C(Nc1ncc(Cc2ccc(F)cc2)s1)C1CCN(S(=O)(=O)c2ccccc2)CC1. The lowest BCUT2D eigenvalue weighted by molar-refractivity contribution is -0.120. The molecule has 9 heteroatoms. The van der Waals surface area contributed by atoms with Gasteiger partial charge in [0.15, 0.2) is 5.13 Å². The molecule has 0 radical (unpaired) electrons. The van der Waals surface area contributed by atoms with Crippen LogP contribution in [0.5, 0.6) is 0 Å². The molecular formula is C22H22FN3O3S2. The molecule has 3 aromatic rings. The van der Waals surface area contributed by atoms with Crippen molar-refractivity contribution >= 4 is 32.4 Å². The van der Waals surface area contributed by atoms with Gasteiger partial charge < -0.3 is 5.32 Å². The highest BCUT2D eigenvalue weighted by molar-refractivity contribution is 7.89. The van der Waals surface area contributed by atoms with Crippen LogP contribution in [0.1, 0.15) is 23.3 Å². The first kappa shape index (κ1) is 21.6. The third-order valence-electron chi connectivity index (χ3n) is 5.28. The third kappa shape index (κ3) is 5.17. The Morgan fingerprint density at radius 2 is 1.77 bits per heavy atom. The number of hydrogen-bond donors (Lipinski definition) is 1. The summed E-state index contributed by atoms with van der Waals surface area (Å²) in [6.45, 7) is 0.617. The Bertz CT molecular complexity index is 1140. The normalized spacial score (nSPS) is 15.6. The zero-order valence-electron chi connectivity index (χ0n) is 16.7. The zero-order valence-corrected chi connectivity index (χ0v) is 18.3. The minimum atomic E-state index is -3.53. The molecule has 0 atom stereocenters. The maximum absolute atomic E-state index is 13.0.